The number of rotatable bonds is 6. The summed E-state index contributed by atoms with van der Waals surface area (Å²) in [6.07, 6.45) is 0.227. The first-order valence-corrected chi connectivity index (χ1v) is 7.92. The molecule has 0 aromatic heterocycles. The Labute approximate surface area is 145 Å². The van der Waals surface area contributed by atoms with Crippen molar-refractivity contribution < 1.29 is 18.4 Å². The zero-order valence-corrected chi connectivity index (χ0v) is 14.2. The van der Waals surface area contributed by atoms with Crippen LogP contribution in [-0.2, 0) is 16.0 Å². The van der Waals surface area contributed by atoms with E-state index in [4.69, 9.17) is 0 Å². The fourth-order valence-electron chi connectivity index (χ4n) is 2.41. The second-order valence-electron chi connectivity index (χ2n) is 5.78. The molecule has 0 unspecified atom stereocenters. The van der Waals surface area contributed by atoms with E-state index in [1.807, 2.05) is 31.2 Å². The molecule has 0 atom stereocenters. The molecule has 2 amide bonds. The molecular weight excluding hydrogens is 326 g/mol. The third-order valence-corrected chi connectivity index (χ3v) is 3.72. The average molecular weight is 346 g/mol. The number of halogens is 2. The number of nitrogens with one attached hydrogen (secondary N) is 1. The predicted molar refractivity (Wildman–Crippen MR) is 92.3 cm³/mol. The lowest BCUT2D eigenvalue weighted by Crippen LogP contribution is -2.38. The largest absolute Gasteiger partial charge is 0.354 e. The summed E-state index contributed by atoms with van der Waals surface area (Å²) >= 11 is 0. The third-order valence-electron chi connectivity index (χ3n) is 3.72. The van der Waals surface area contributed by atoms with Gasteiger partial charge >= 0.3 is 0 Å². The number of nitrogens with zero attached hydrogens (tertiary/aromatic N) is 1. The number of amides is 2. The maximum absolute atomic E-state index is 13.8. The van der Waals surface area contributed by atoms with Crippen LogP contribution in [0.3, 0.4) is 0 Å². The van der Waals surface area contributed by atoms with Gasteiger partial charge in [-0.3, -0.25) is 9.59 Å². The molecule has 0 radical (unpaired) electrons. The topological polar surface area (TPSA) is 49.4 Å². The van der Waals surface area contributed by atoms with Crippen LogP contribution in [0.1, 0.15) is 18.1 Å². The molecule has 0 spiro atoms. The van der Waals surface area contributed by atoms with Crippen LogP contribution >= 0.6 is 0 Å². The lowest BCUT2D eigenvalue weighted by atomic mass is 10.1. The molecule has 0 bridgehead atoms. The number of benzene rings is 2. The lowest BCUT2D eigenvalue weighted by Gasteiger charge is -2.22. The van der Waals surface area contributed by atoms with Crippen molar-refractivity contribution in [3.8, 4) is 0 Å². The fraction of sp³-hybridized carbons (Fsp3) is 0.263. The summed E-state index contributed by atoms with van der Waals surface area (Å²) in [5.41, 5.74) is 1.99. The summed E-state index contributed by atoms with van der Waals surface area (Å²) < 4.78 is 26.8. The van der Waals surface area contributed by atoms with E-state index < -0.39 is 17.5 Å². The van der Waals surface area contributed by atoms with E-state index in [0.717, 1.165) is 23.3 Å². The van der Waals surface area contributed by atoms with Crippen molar-refractivity contribution in [3.63, 3.8) is 0 Å². The number of anilines is 1. The standard InChI is InChI=1S/C19H20F2N2O2/c1-13-3-5-15(6-4-13)11-19(25)22-9-10-23(14(2)24)18-8-7-16(20)12-17(18)21/h3-8,12H,9-11H2,1-2H3,(H,22,25). The third kappa shape index (κ3) is 5.38. The maximum atomic E-state index is 13.8. The first-order chi connectivity index (χ1) is 11.9. The van der Waals surface area contributed by atoms with Gasteiger partial charge in [0.05, 0.1) is 12.1 Å². The molecule has 2 rings (SSSR count). The quantitative estimate of drug-likeness (QED) is 0.874. The fourth-order valence-corrected chi connectivity index (χ4v) is 2.41. The molecule has 1 N–H and O–H groups in total. The molecule has 2 aromatic carbocycles. The SMILES string of the molecule is CC(=O)N(CCNC(=O)Cc1ccc(C)cc1)c1ccc(F)cc1F. The first kappa shape index (κ1) is 18.6. The summed E-state index contributed by atoms with van der Waals surface area (Å²) in [7, 11) is 0. The summed E-state index contributed by atoms with van der Waals surface area (Å²) in [5, 5.41) is 2.70. The molecule has 0 aliphatic carbocycles. The van der Waals surface area contributed by atoms with Gasteiger partial charge in [-0.05, 0) is 24.6 Å². The van der Waals surface area contributed by atoms with Gasteiger partial charge in [-0.1, -0.05) is 29.8 Å². The Bertz CT molecular complexity index is 761. The molecule has 0 aliphatic rings. The van der Waals surface area contributed by atoms with Crippen molar-refractivity contribution in [2.45, 2.75) is 20.3 Å². The zero-order valence-electron chi connectivity index (χ0n) is 14.2. The minimum absolute atomic E-state index is 0.0123. The van der Waals surface area contributed by atoms with Crippen molar-refractivity contribution in [1.82, 2.24) is 5.32 Å². The number of aryl methyl sites for hydroxylation is 1. The Morgan fingerprint density at radius 3 is 2.36 bits per heavy atom. The van der Waals surface area contributed by atoms with Gasteiger partial charge in [-0.15, -0.1) is 0 Å². The van der Waals surface area contributed by atoms with Crippen molar-refractivity contribution >= 4 is 17.5 Å². The number of carbonyl (C=O) groups excluding carboxylic acids is 2. The summed E-state index contributed by atoms with van der Waals surface area (Å²) in [4.78, 5) is 24.9. The zero-order chi connectivity index (χ0) is 18.4. The van der Waals surface area contributed by atoms with Crippen molar-refractivity contribution in [2.24, 2.45) is 0 Å². The van der Waals surface area contributed by atoms with Crippen molar-refractivity contribution in [2.75, 3.05) is 18.0 Å². The van der Waals surface area contributed by atoms with Crippen molar-refractivity contribution in [3.05, 3.63) is 65.2 Å². The van der Waals surface area contributed by atoms with Crippen LogP contribution in [-0.4, -0.2) is 24.9 Å². The van der Waals surface area contributed by atoms with Gasteiger partial charge in [0, 0.05) is 26.1 Å². The van der Waals surface area contributed by atoms with Gasteiger partial charge in [0.25, 0.3) is 0 Å². The van der Waals surface area contributed by atoms with Crippen LogP contribution in [0, 0.1) is 18.6 Å². The Balaban J connectivity index is 1.92. The molecule has 4 nitrogen and oxygen atoms in total. The van der Waals surface area contributed by atoms with E-state index in [0.29, 0.717) is 0 Å². The molecule has 6 heteroatoms. The highest BCUT2D eigenvalue weighted by atomic mass is 19.1. The van der Waals surface area contributed by atoms with Gasteiger partial charge < -0.3 is 10.2 Å². The Morgan fingerprint density at radius 1 is 1.08 bits per heavy atom. The van der Waals surface area contributed by atoms with Gasteiger partial charge in [-0.2, -0.15) is 0 Å². The van der Waals surface area contributed by atoms with Crippen LogP contribution in [0.25, 0.3) is 0 Å². The molecular formula is C19H20F2N2O2. The van der Waals surface area contributed by atoms with Crippen LogP contribution in [0.4, 0.5) is 14.5 Å². The van der Waals surface area contributed by atoms with E-state index in [2.05, 4.69) is 5.32 Å². The number of hydrogen-bond donors (Lipinski definition) is 1. The monoisotopic (exact) mass is 346 g/mol. The molecule has 0 heterocycles. The highest BCUT2D eigenvalue weighted by molar-refractivity contribution is 5.91. The molecule has 0 aliphatic heterocycles. The number of hydrogen-bond acceptors (Lipinski definition) is 2. The van der Waals surface area contributed by atoms with E-state index in [-0.39, 0.29) is 31.1 Å². The molecule has 0 fully saturated rings. The van der Waals surface area contributed by atoms with Gasteiger partial charge in [0.15, 0.2) is 0 Å². The normalized spacial score (nSPS) is 10.4. The van der Waals surface area contributed by atoms with E-state index in [1.54, 1.807) is 0 Å². The highest BCUT2D eigenvalue weighted by Gasteiger charge is 2.16. The van der Waals surface area contributed by atoms with Crippen molar-refractivity contribution in [1.29, 1.82) is 0 Å². The second kappa shape index (κ2) is 8.37. The van der Waals surface area contributed by atoms with Gasteiger partial charge in [0.1, 0.15) is 11.6 Å². The van der Waals surface area contributed by atoms with Crippen LogP contribution in [0.15, 0.2) is 42.5 Å². The lowest BCUT2D eigenvalue weighted by molar-refractivity contribution is -0.121. The summed E-state index contributed by atoms with van der Waals surface area (Å²) in [6, 6.07) is 10.6. The molecule has 2 aromatic rings. The van der Waals surface area contributed by atoms with Gasteiger partial charge in [-0.25, -0.2) is 8.78 Å². The van der Waals surface area contributed by atoms with E-state index in [9.17, 15) is 18.4 Å². The van der Waals surface area contributed by atoms with Crippen LogP contribution in [0.5, 0.6) is 0 Å². The number of carbonyl (C=O) groups is 2. The van der Waals surface area contributed by atoms with E-state index >= 15 is 0 Å². The minimum atomic E-state index is -0.818. The maximum Gasteiger partial charge on any atom is 0.224 e. The molecule has 0 saturated heterocycles. The van der Waals surface area contributed by atoms with Gasteiger partial charge in [0.2, 0.25) is 11.8 Å². The second-order valence-corrected chi connectivity index (χ2v) is 5.78. The highest BCUT2D eigenvalue weighted by Crippen LogP contribution is 2.20. The molecule has 132 valence electrons. The summed E-state index contributed by atoms with van der Waals surface area (Å²) in [6.45, 7) is 3.52. The Morgan fingerprint density at radius 2 is 1.76 bits per heavy atom. The van der Waals surface area contributed by atoms with E-state index in [1.165, 1.54) is 17.9 Å². The molecule has 25 heavy (non-hydrogen) atoms. The molecule has 0 saturated carbocycles. The average Bonchev–Trinajstić information content (AvgIpc) is 2.54. The smallest absolute Gasteiger partial charge is 0.224 e. The summed E-state index contributed by atoms with van der Waals surface area (Å²) in [5.74, 6) is -2.11. The van der Waals surface area contributed by atoms with Crippen LogP contribution in [0.2, 0.25) is 0 Å². The Hall–Kier alpha value is -2.76. The minimum Gasteiger partial charge on any atom is -0.354 e. The predicted octanol–water partition coefficient (Wildman–Crippen LogP) is 2.99. The van der Waals surface area contributed by atoms with Crippen LogP contribution < -0.4 is 10.2 Å². The first-order valence-electron chi connectivity index (χ1n) is 7.92. The Kier molecular flexibility index (Phi) is 6.22.